The molecule has 14 heavy (non-hydrogen) atoms. The van der Waals surface area contributed by atoms with Crippen molar-refractivity contribution in [1.82, 2.24) is 14.5 Å². The van der Waals surface area contributed by atoms with Crippen molar-refractivity contribution in [1.29, 1.82) is 0 Å². The molecular formula is C10H13N3O. The second-order valence-electron chi connectivity index (χ2n) is 3.35. The molecule has 0 aliphatic rings. The molecule has 0 spiro atoms. The molecule has 2 rings (SSSR count). The summed E-state index contributed by atoms with van der Waals surface area (Å²) in [6.07, 6.45) is 3.70. The van der Waals surface area contributed by atoms with Crippen LogP contribution in [-0.4, -0.2) is 14.5 Å². The predicted octanol–water partition coefficient (Wildman–Crippen LogP) is 1.84. The van der Waals surface area contributed by atoms with Crippen LogP contribution in [0.4, 0.5) is 0 Å². The molecule has 0 amide bonds. The van der Waals surface area contributed by atoms with E-state index in [2.05, 4.69) is 9.97 Å². The maximum Gasteiger partial charge on any atom is 0.214 e. The van der Waals surface area contributed by atoms with E-state index >= 15 is 0 Å². The van der Waals surface area contributed by atoms with Crippen LogP contribution < -0.4 is 0 Å². The van der Waals surface area contributed by atoms with Crippen molar-refractivity contribution < 1.29 is 4.42 Å². The zero-order valence-electron chi connectivity index (χ0n) is 8.61. The Morgan fingerprint density at radius 2 is 2.14 bits per heavy atom. The average molecular weight is 191 g/mol. The summed E-state index contributed by atoms with van der Waals surface area (Å²) in [6.45, 7) is 6.48. The lowest BCUT2D eigenvalue weighted by molar-refractivity contribution is 0.454. The molecule has 4 heteroatoms. The fraction of sp³-hybridized carbons (Fsp3) is 0.400. The number of oxazole rings is 1. The monoisotopic (exact) mass is 191 g/mol. The van der Waals surface area contributed by atoms with E-state index in [1.54, 1.807) is 6.20 Å². The Hall–Kier alpha value is -1.58. The Labute approximate surface area is 82.6 Å². The Balaban J connectivity index is 2.23. The zero-order chi connectivity index (χ0) is 10.1. The van der Waals surface area contributed by atoms with Gasteiger partial charge in [-0.05, 0) is 20.8 Å². The Kier molecular flexibility index (Phi) is 2.11. The lowest BCUT2D eigenvalue weighted by Gasteiger charge is -1.99. The van der Waals surface area contributed by atoms with Crippen molar-refractivity contribution >= 4 is 0 Å². The molecule has 0 saturated heterocycles. The first-order chi connectivity index (χ1) is 6.66. The molecule has 2 aromatic rings. The van der Waals surface area contributed by atoms with Crippen molar-refractivity contribution in [3.8, 4) is 0 Å². The van der Waals surface area contributed by atoms with Crippen molar-refractivity contribution in [2.24, 2.45) is 0 Å². The second-order valence-corrected chi connectivity index (χ2v) is 3.35. The second kappa shape index (κ2) is 3.29. The maximum atomic E-state index is 5.48. The number of rotatable bonds is 2. The molecule has 2 aromatic heterocycles. The van der Waals surface area contributed by atoms with Crippen LogP contribution in [0, 0.1) is 20.8 Å². The average Bonchev–Trinajstić information content (AvgIpc) is 2.63. The van der Waals surface area contributed by atoms with E-state index in [1.807, 2.05) is 31.5 Å². The number of hydrogen-bond donors (Lipinski definition) is 0. The lowest BCUT2D eigenvalue weighted by Crippen LogP contribution is -2.00. The van der Waals surface area contributed by atoms with E-state index in [9.17, 15) is 0 Å². The van der Waals surface area contributed by atoms with Gasteiger partial charge in [-0.1, -0.05) is 0 Å². The van der Waals surface area contributed by atoms with Gasteiger partial charge in [0.1, 0.15) is 18.1 Å². The largest absolute Gasteiger partial charge is 0.444 e. The first-order valence-electron chi connectivity index (χ1n) is 4.57. The molecule has 0 fully saturated rings. The minimum Gasteiger partial charge on any atom is -0.444 e. The minimum absolute atomic E-state index is 0.653. The van der Waals surface area contributed by atoms with Crippen LogP contribution in [-0.2, 0) is 6.54 Å². The Bertz CT molecular complexity index is 422. The highest BCUT2D eigenvalue weighted by Gasteiger charge is 2.06. The van der Waals surface area contributed by atoms with Crippen molar-refractivity contribution in [2.75, 3.05) is 0 Å². The van der Waals surface area contributed by atoms with Gasteiger partial charge >= 0.3 is 0 Å². The van der Waals surface area contributed by atoms with Gasteiger partial charge in [-0.2, -0.15) is 0 Å². The van der Waals surface area contributed by atoms with Gasteiger partial charge in [0.25, 0.3) is 0 Å². The summed E-state index contributed by atoms with van der Waals surface area (Å²) in [7, 11) is 0. The molecular weight excluding hydrogens is 178 g/mol. The summed E-state index contributed by atoms with van der Waals surface area (Å²) in [6, 6.07) is 0. The van der Waals surface area contributed by atoms with Crippen LogP contribution in [0.2, 0.25) is 0 Å². The van der Waals surface area contributed by atoms with Gasteiger partial charge in [-0.3, -0.25) is 0 Å². The molecule has 0 radical (unpaired) electrons. The summed E-state index contributed by atoms with van der Waals surface area (Å²) >= 11 is 0. The standard InChI is InChI=1S/C10H13N3O/c1-7-8(2)14-10(12-7)6-13-5-4-11-9(13)3/h4-5H,6H2,1-3H3. The maximum absolute atomic E-state index is 5.48. The highest BCUT2D eigenvalue weighted by Crippen LogP contribution is 2.10. The van der Waals surface area contributed by atoms with Crippen LogP contribution in [0.25, 0.3) is 0 Å². The molecule has 0 unspecified atom stereocenters. The van der Waals surface area contributed by atoms with Gasteiger partial charge in [0, 0.05) is 12.4 Å². The summed E-state index contributed by atoms with van der Waals surface area (Å²) in [4.78, 5) is 8.45. The van der Waals surface area contributed by atoms with Gasteiger partial charge in [0.05, 0.1) is 5.69 Å². The van der Waals surface area contributed by atoms with E-state index in [4.69, 9.17) is 4.42 Å². The summed E-state index contributed by atoms with van der Waals surface area (Å²) in [5, 5.41) is 0. The number of hydrogen-bond acceptors (Lipinski definition) is 3. The lowest BCUT2D eigenvalue weighted by atomic mass is 10.4. The van der Waals surface area contributed by atoms with Gasteiger partial charge in [0.15, 0.2) is 0 Å². The number of aryl methyl sites for hydroxylation is 3. The minimum atomic E-state index is 0.653. The van der Waals surface area contributed by atoms with Crippen LogP contribution in [0.15, 0.2) is 16.8 Å². The quantitative estimate of drug-likeness (QED) is 0.727. The third-order valence-electron chi connectivity index (χ3n) is 2.30. The number of aromatic nitrogens is 3. The predicted molar refractivity (Wildman–Crippen MR) is 52.0 cm³/mol. The molecule has 4 nitrogen and oxygen atoms in total. The third-order valence-corrected chi connectivity index (χ3v) is 2.30. The summed E-state index contributed by atoms with van der Waals surface area (Å²) < 4.78 is 7.49. The Morgan fingerprint density at radius 3 is 2.64 bits per heavy atom. The summed E-state index contributed by atoms with van der Waals surface area (Å²) in [5.41, 5.74) is 0.956. The molecule has 0 atom stereocenters. The molecule has 0 saturated carbocycles. The normalized spacial score (nSPS) is 10.8. The van der Waals surface area contributed by atoms with Gasteiger partial charge in [-0.15, -0.1) is 0 Å². The van der Waals surface area contributed by atoms with Crippen molar-refractivity contribution in [3.63, 3.8) is 0 Å². The first kappa shape index (κ1) is 8.99. The zero-order valence-corrected chi connectivity index (χ0v) is 8.61. The van der Waals surface area contributed by atoms with Crippen LogP contribution in [0.3, 0.4) is 0 Å². The third kappa shape index (κ3) is 1.55. The summed E-state index contributed by atoms with van der Waals surface area (Å²) in [5.74, 6) is 2.59. The topological polar surface area (TPSA) is 43.9 Å². The SMILES string of the molecule is Cc1nc(Cn2ccnc2C)oc1C. The van der Waals surface area contributed by atoms with Crippen LogP contribution in [0.1, 0.15) is 23.2 Å². The number of imidazole rings is 1. The van der Waals surface area contributed by atoms with Crippen LogP contribution >= 0.6 is 0 Å². The Morgan fingerprint density at radius 1 is 1.36 bits per heavy atom. The number of nitrogens with zero attached hydrogens (tertiary/aromatic N) is 3. The molecule has 0 N–H and O–H groups in total. The fourth-order valence-corrected chi connectivity index (χ4v) is 1.32. The van der Waals surface area contributed by atoms with Crippen molar-refractivity contribution in [3.05, 3.63) is 35.6 Å². The van der Waals surface area contributed by atoms with E-state index in [1.165, 1.54) is 0 Å². The van der Waals surface area contributed by atoms with E-state index in [0.29, 0.717) is 6.54 Å². The molecule has 0 aliphatic heterocycles. The highest BCUT2D eigenvalue weighted by atomic mass is 16.4. The van der Waals surface area contributed by atoms with Crippen LogP contribution in [0.5, 0.6) is 0 Å². The molecule has 0 bridgehead atoms. The first-order valence-corrected chi connectivity index (χ1v) is 4.57. The fourth-order valence-electron chi connectivity index (χ4n) is 1.32. The molecule has 2 heterocycles. The van der Waals surface area contributed by atoms with E-state index in [-0.39, 0.29) is 0 Å². The highest BCUT2D eigenvalue weighted by molar-refractivity contribution is 5.06. The molecule has 0 aromatic carbocycles. The van der Waals surface area contributed by atoms with E-state index in [0.717, 1.165) is 23.2 Å². The van der Waals surface area contributed by atoms with Gasteiger partial charge in [-0.25, -0.2) is 9.97 Å². The smallest absolute Gasteiger partial charge is 0.214 e. The van der Waals surface area contributed by atoms with Crippen molar-refractivity contribution in [2.45, 2.75) is 27.3 Å². The van der Waals surface area contributed by atoms with E-state index < -0.39 is 0 Å². The molecule has 0 aliphatic carbocycles. The van der Waals surface area contributed by atoms with Gasteiger partial charge in [0.2, 0.25) is 5.89 Å². The molecule has 74 valence electrons. The van der Waals surface area contributed by atoms with Gasteiger partial charge < -0.3 is 8.98 Å².